The second kappa shape index (κ2) is 8.99. The van der Waals surface area contributed by atoms with Gasteiger partial charge in [0.1, 0.15) is 5.82 Å². The minimum absolute atomic E-state index is 0.104. The molecule has 1 atom stereocenters. The molecule has 0 saturated heterocycles. The molecule has 1 aromatic heterocycles. The Kier molecular flexibility index (Phi) is 6.44. The Hall–Kier alpha value is -2.70. The number of amides is 1. The number of likely N-dealkylation sites (N-methyl/N-ethyl adjacent to an activating group) is 1. The molecule has 0 saturated carbocycles. The maximum atomic E-state index is 13.1. The fraction of sp³-hybridized carbons (Fsp3) is 0.238. The van der Waals surface area contributed by atoms with E-state index in [0.717, 1.165) is 22.6 Å². The van der Waals surface area contributed by atoms with Crippen molar-refractivity contribution in [2.24, 2.45) is 0 Å². The predicted octanol–water partition coefficient (Wildman–Crippen LogP) is 3.49. The number of quaternary nitrogens is 1. The smallest absolute Gasteiger partial charge is 0.279 e. The standard InChI is InChI=1S/C21H21ClFN3O2/c1-3-26(12-20(27)25-18-10-16(22)7-4-14(18)2)13-21-24-11-19(28-21)15-5-8-17(23)9-6-15/h4-11H,3,12-13H2,1-2H3,(H,25,27)/p+1. The second-order valence-corrected chi connectivity index (χ2v) is 7.03. The molecule has 3 rings (SSSR count). The van der Waals surface area contributed by atoms with Gasteiger partial charge in [-0.05, 0) is 55.8 Å². The van der Waals surface area contributed by atoms with Gasteiger partial charge >= 0.3 is 0 Å². The number of nitrogens with zero attached hydrogens (tertiary/aromatic N) is 1. The third-order valence-corrected chi connectivity index (χ3v) is 4.70. The van der Waals surface area contributed by atoms with Crippen molar-refractivity contribution in [3.05, 3.63) is 71.0 Å². The number of oxazole rings is 1. The molecule has 0 bridgehead atoms. The van der Waals surface area contributed by atoms with E-state index in [0.29, 0.717) is 28.9 Å². The molecule has 1 unspecified atom stereocenters. The summed E-state index contributed by atoms with van der Waals surface area (Å²) in [5.41, 5.74) is 2.42. The maximum Gasteiger partial charge on any atom is 0.279 e. The molecule has 0 aliphatic carbocycles. The van der Waals surface area contributed by atoms with Crippen molar-refractivity contribution in [1.82, 2.24) is 4.98 Å². The average Bonchev–Trinajstić information content (AvgIpc) is 3.13. The van der Waals surface area contributed by atoms with E-state index in [4.69, 9.17) is 16.0 Å². The van der Waals surface area contributed by atoms with Gasteiger partial charge in [-0.25, -0.2) is 9.37 Å². The van der Waals surface area contributed by atoms with Gasteiger partial charge in [0.15, 0.2) is 18.8 Å². The van der Waals surface area contributed by atoms with Gasteiger partial charge in [0.25, 0.3) is 11.8 Å². The number of anilines is 1. The fourth-order valence-electron chi connectivity index (χ4n) is 2.82. The molecular weight excluding hydrogens is 381 g/mol. The maximum absolute atomic E-state index is 13.1. The van der Waals surface area contributed by atoms with Crippen LogP contribution in [0, 0.1) is 12.7 Å². The fourth-order valence-corrected chi connectivity index (χ4v) is 2.99. The van der Waals surface area contributed by atoms with E-state index in [1.807, 2.05) is 19.9 Å². The molecule has 0 radical (unpaired) electrons. The number of aryl methyl sites for hydroxylation is 1. The van der Waals surface area contributed by atoms with Crippen LogP contribution in [0.4, 0.5) is 10.1 Å². The molecule has 146 valence electrons. The lowest BCUT2D eigenvalue weighted by Gasteiger charge is -2.16. The summed E-state index contributed by atoms with van der Waals surface area (Å²) >= 11 is 6.00. The summed E-state index contributed by atoms with van der Waals surface area (Å²) in [6.07, 6.45) is 1.62. The lowest BCUT2D eigenvalue weighted by Crippen LogP contribution is -3.11. The van der Waals surface area contributed by atoms with Crippen molar-refractivity contribution in [2.45, 2.75) is 20.4 Å². The average molecular weight is 403 g/mol. The minimum Gasteiger partial charge on any atom is -0.435 e. The van der Waals surface area contributed by atoms with Gasteiger partial charge in [0.2, 0.25) is 0 Å². The van der Waals surface area contributed by atoms with E-state index in [9.17, 15) is 9.18 Å². The van der Waals surface area contributed by atoms with Crippen LogP contribution in [0.5, 0.6) is 0 Å². The van der Waals surface area contributed by atoms with Gasteiger partial charge in [0, 0.05) is 16.3 Å². The number of aromatic nitrogens is 1. The molecule has 0 spiro atoms. The zero-order valence-corrected chi connectivity index (χ0v) is 16.5. The molecule has 1 amide bonds. The first kappa shape index (κ1) is 20.0. The number of hydrogen-bond donors (Lipinski definition) is 2. The van der Waals surface area contributed by atoms with Crippen LogP contribution in [0.1, 0.15) is 18.4 Å². The molecule has 2 aromatic carbocycles. The van der Waals surface area contributed by atoms with Crippen molar-refractivity contribution in [3.63, 3.8) is 0 Å². The highest BCUT2D eigenvalue weighted by Gasteiger charge is 2.17. The second-order valence-electron chi connectivity index (χ2n) is 6.59. The summed E-state index contributed by atoms with van der Waals surface area (Å²) in [6, 6.07) is 11.4. The number of nitrogens with one attached hydrogen (secondary N) is 2. The number of carbonyl (C=O) groups is 1. The number of rotatable bonds is 7. The molecule has 0 aliphatic rings. The van der Waals surface area contributed by atoms with E-state index < -0.39 is 0 Å². The summed E-state index contributed by atoms with van der Waals surface area (Å²) in [4.78, 5) is 17.7. The van der Waals surface area contributed by atoms with E-state index in [-0.39, 0.29) is 18.3 Å². The van der Waals surface area contributed by atoms with Gasteiger partial charge in [-0.1, -0.05) is 17.7 Å². The Balaban J connectivity index is 1.62. The Labute approximate surface area is 168 Å². The number of carbonyl (C=O) groups excluding carboxylic acids is 1. The molecule has 1 heterocycles. The topological polar surface area (TPSA) is 59.6 Å². The van der Waals surface area contributed by atoms with Gasteiger partial charge in [-0.2, -0.15) is 0 Å². The third-order valence-electron chi connectivity index (χ3n) is 4.47. The lowest BCUT2D eigenvalue weighted by molar-refractivity contribution is -0.905. The molecule has 0 fully saturated rings. The normalized spacial score (nSPS) is 12.0. The Morgan fingerprint density at radius 2 is 2.00 bits per heavy atom. The van der Waals surface area contributed by atoms with Crippen LogP contribution in [0.3, 0.4) is 0 Å². The zero-order valence-electron chi connectivity index (χ0n) is 15.8. The SMILES string of the molecule is CC[NH+](CC(=O)Nc1cc(Cl)ccc1C)Cc1ncc(-c2ccc(F)cc2)o1. The number of hydrogen-bond acceptors (Lipinski definition) is 3. The van der Waals surface area contributed by atoms with E-state index in [1.165, 1.54) is 12.1 Å². The van der Waals surface area contributed by atoms with Gasteiger partial charge < -0.3 is 14.6 Å². The zero-order chi connectivity index (χ0) is 20.1. The molecule has 3 aromatic rings. The first-order chi connectivity index (χ1) is 13.4. The van der Waals surface area contributed by atoms with E-state index in [2.05, 4.69) is 10.3 Å². The lowest BCUT2D eigenvalue weighted by atomic mass is 10.2. The highest BCUT2D eigenvalue weighted by atomic mass is 35.5. The largest absolute Gasteiger partial charge is 0.435 e. The van der Waals surface area contributed by atoms with Crippen LogP contribution in [-0.2, 0) is 11.3 Å². The minimum atomic E-state index is -0.300. The summed E-state index contributed by atoms with van der Waals surface area (Å²) in [5, 5.41) is 3.48. The molecule has 7 heteroatoms. The molecular formula is C21H22ClFN3O2+. The molecule has 28 heavy (non-hydrogen) atoms. The Morgan fingerprint density at radius 3 is 2.71 bits per heavy atom. The summed E-state index contributed by atoms with van der Waals surface area (Å²) in [7, 11) is 0. The van der Waals surface area contributed by atoms with Gasteiger partial charge in [-0.3, -0.25) is 4.79 Å². The number of halogens is 2. The van der Waals surface area contributed by atoms with Crippen molar-refractivity contribution in [1.29, 1.82) is 0 Å². The van der Waals surface area contributed by atoms with E-state index in [1.54, 1.807) is 30.5 Å². The van der Waals surface area contributed by atoms with Crippen LogP contribution >= 0.6 is 11.6 Å². The molecule has 5 nitrogen and oxygen atoms in total. The summed E-state index contributed by atoms with van der Waals surface area (Å²) in [6.45, 7) is 5.39. The van der Waals surface area contributed by atoms with Crippen LogP contribution < -0.4 is 10.2 Å². The van der Waals surface area contributed by atoms with Crippen LogP contribution in [0.15, 0.2) is 53.1 Å². The Morgan fingerprint density at radius 1 is 1.25 bits per heavy atom. The summed E-state index contributed by atoms with van der Waals surface area (Å²) < 4.78 is 18.8. The number of benzene rings is 2. The van der Waals surface area contributed by atoms with E-state index >= 15 is 0 Å². The molecule has 0 aliphatic heterocycles. The first-order valence-corrected chi connectivity index (χ1v) is 9.42. The van der Waals surface area contributed by atoms with Crippen LogP contribution in [0.2, 0.25) is 5.02 Å². The highest BCUT2D eigenvalue weighted by molar-refractivity contribution is 6.31. The molecule has 2 N–H and O–H groups in total. The third kappa shape index (κ3) is 5.18. The van der Waals surface area contributed by atoms with Crippen molar-refractivity contribution >= 4 is 23.2 Å². The van der Waals surface area contributed by atoms with Crippen molar-refractivity contribution in [3.8, 4) is 11.3 Å². The Bertz CT molecular complexity index is 957. The van der Waals surface area contributed by atoms with Crippen LogP contribution in [0.25, 0.3) is 11.3 Å². The highest BCUT2D eigenvalue weighted by Crippen LogP contribution is 2.21. The predicted molar refractivity (Wildman–Crippen MR) is 107 cm³/mol. The quantitative estimate of drug-likeness (QED) is 0.636. The van der Waals surface area contributed by atoms with Gasteiger partial charge in [-0.15, -0.1) is 0 Å². The van der Waals surface area contributed by atoms with Crippen molar-refractivity contribution in [2.75, 3.05) is 18.4 Å². The van der Waals surface area contributed by atoms with Crippen molar-refractivity contribution < 1.29 is 18.5 Å². The monoisotopic (exact) mass is 402 g/mol. The van der Waals surface area contributed by atoms with Gasteiger partial charge in [0.05, 0.1) is 12.7 Å². The van der Waals surface area contributed by atoms with Crippen LogP contribution in [-0.4, -0.2) is 24.0 Å². The first-order valence-electron chi connectivity index (χ1n) is 9.05. The summed E-state index contributed by atoms with van der Waals surface area (Å²) in [5.74, 6) is 0.700.